The Morgan fingerprint density at radius 3 is 2.64 bits per heavy atom. The van der Waals surface area contributed by atoms with Gasteiger partial charge in [0.2, 0.25) is 0 Å². The molecule has 0 fully saturated rings. The molecule has 22 heavy (non-hydrogen) atoms. The zero-order valence-electron chi connectivity index (χ0n) is 11.2. The van der Waals surface area contributed by atoms with Crippen molar-refractivity contribution in [3.63, 3.8) is 0 Å². The number of carbonyl (C=O) groups excluding carboxylic acids is 1. The predicted octanol–water partition coefficient (Wildman–Crippen LogP) is 3.60. The summed E-state index contributed by atoms with van der Waals surface area (Å²) < 4.78 is 0. The van der Waals surface area contributed by atoms with Gasteiger partial charge in [-0.15, -0.1) is 0 Å². The molecule has 1 aromatic heterocycles. The number of benzene rings is 1. The summed E-state index contributed by atoms with van der Waals surface area (Å²) in [6.45, 7) is 0.0511. The number of amides is 1. The number of carbonyl (C=O) groups is 1. The van der Waals surface area contributed by atoms with Crippen molar-refractivity contribution in [3.05, 3.63) is 57.3 Å². The summed E-state index contributed by atoms with van der Waals surface area (Å²) in [6.07, 6.45) is 4.25. The van der Waals surface area contributed by atoms with Crippen molar-refractivity contribution in [2.24, 2.45) is 5.10 Å². The SMILES string of the molecule is O=C(CNc1cccc(Cl)c1)N/N=C/c1c(Cl)cncc1Cl. The maximum Gasteiger partial charge on any atom is 0.259 e. The highest BCUT2D eigenvalue weighted by Crippen LogP contribution is 2.20. The number of nitrogens with zero attached hydrogens (tertiary/aromatic N) is 2. The van der Waals surface area contributed by atoms with Crippen LogP contribution in [0.4, 0.5) is 5.69 Å². The zero-order chi connectivity index (χ0) is 15.9. The molecule has 0 atom stereocenters. The Bertz CT molecular complexity index is 686. The van der Waals surface area contributed by atoms with Gasteiger partial charge in [-0.25, -0.2) is 5.43 Å². The number of rotatable bonds is 5. The molecule has 5 nitrogen and oxygen atoms in total. The third-order valence-corrected chi connectivity index (χ3v) is 3.39. The smallest absolute Gasteiger partial charge is 0.259 e. The molecule has 0 aliphatic carbocycles. The van der Waals surface area contributed by atoms with Crippen LogP contribution >= 0.6 is 34.8 Å². The number of pyridine rings is 1. The van der Waals surface area contributed by atoms with Crippen molar-refractivity contribution in [1.29, 1.82) is 0 Å². The number of halogens is 3. The first-order valence-electron chi connectivity index (χ1n) is 6.16. The molecule has 0 radical (unpaired) electrons. The van der Waals surface area contributed by atoms with Gasteiger partial charge in [0.1, 0.15) is 0 Å². The normalized spacial score (nSPS) is 10.7. The van der Waals surface area contributed by atoms with Gasteiger partial charge in [0, 0.05) is 28.7 Å². The van der Waals surface area contributed by atoms with Crippen LogP contribution in [0.1, 0.15) is 5.56 Å². The molecule has 0 spiro atoms. The zero-order valence-corrected chi connectivity index (χ0v) is 13.5. The van der Waals surface area contributed by atoms with E-state index < -0.39 is 0 Å². The predicted molar refractivity (Wildman–Crippen MR) is 89.9 cm³/mol. The fraction of sp³-hybridized carbons (Fsp3) is 0.0714. The molecule has 0 aliphatic heterocycles. The van der Waals surface area contributed by atoms with Crippen LogP contribution in [0.2, 0.25) is 15.1 Å². The highest BCUT2D eigenvalue weighted by Gasteiger charge is 2.04. The second kappa shape index (κ2) is 7.98. The third-order valence-electron chi connectivity index (χ3n) is 2.55. The van der Waals surface area contributed by atoms with E-state index in [-0.39, 0.29) is 12.5 Å². The van der Waals surface area contributed by atoms with E-state index in [0.717, 1.165) is 5.69 Å². The molecule has 0 unspecified atom stereocenters. The van der Waals surface area contributed by atoms with Crippen LogP contribution in [0, 0.1) is 0 Å². The van der Waals surface area contributed by atoms with Crippen molar-refractivity contribution in [2.75, 3.05) is 11.9 Å². The number of hydrazone groups is 1. The lowest BCUT2D eigenvalue weighted by Gasteiger charge is -2.05. The Labute approximate surface area is 142 Å². The summed E-state index contributed by atoms with van der Waals surface area (Å²) in [5, 5.41) is 8.02. The van der Waals surface area contributed by atoms with E-state index in [2.05, 4.69) is 20.8 Å². The molecule has 2 rings (SSSR count). The van der Waals surface area contributed by atoms with Gasteiger partial charge in [0.05, 0.1) is 22.8 Å². The van der Waals surface area contributed by atoms with E-state index in [1.807, 2.05) is 0 Å². The van der Waals surface area contributed by atoms with E-state index >= 15 is 0 Å². The number of anilines is 1. The van der Waals surface area contributed by atoms with Gasteiger partial charge in [-0.1, -0.05) is 40.9 Å². The quantitative estimate of drug-likeness (QED) is 0.634. The topological polar surface area (TPSA) is 66.4 Å². The Morgan fingerprint density at radius 1 is 1.23 bits per heavy atom. The number of hydrogen-bond acceptors (Lipinski definition) is 4. The maximum absolute atomic E-state index is 11.7. The average Bonchev–Trinajstić information content (AvgIpc) is 2.48. The van der Waals surface area contributed by atoms with Crippen LogP contribution in [-0.2, 0) is 4.79 Å². The minimum Gasteiger partial charge on any atom is -0.376 e. The molecule has 2 N–H and O–H groups in total. The van der Waals surface area contributed by atoms with Gasteiger partial charge in [-0.3, -0.25) is 9.78 Å². The Morgan fingerprint density at radius 2 is 1.95 bits per heavy atom. The van der Waals surface area contributed by atoms with Crippen molar-refractivity contribution in [3.8, 4) is 0 Å². The fourth-order valence-corrected chi connectivity index (χ4v) is 2.19. The van der Waals surface area contributed by atoms with E-state index in [1.165, 1.54) is 18.6 Å². The summed E-state index contributed by atoms with van der Waals surface area (Å²) in [4.78, 5) is 15.5. The largest absolute Gasteiger partial charge is 0.376 e. The van der Waals surface area contributed by atoms with Crippen LogP contribution in [0.3, 0.4) is 0 Å². The minimum atomic E-state index is -0.322. The van der Waals surface area contributed by atoms with Gasteiger partial charge in [-0.2, -0.15) is 5.10 Å². The first-order valence-corrected chi connectivity index (χ1v) is 7.30. The molecule has 2 aromatic rings. The number of aromatic nitrogens is 1. The molecule has 0 saturated heterocycles. The van der Waals surface area contributed by atoms with Crippen LogP contribution in [0.5, 0.6) is 0 Å². The number of nitrogens with one attached hydrogen (secondary N) is 2. The van der Waals surface area contributed by atoms with E-state index in [9.17, 15) is 4.79 Å². The Hall–Kier alpha value is -1.82. The highest BCUT2D eigenvalue weighted by atomic mass is 35.5. The lowest BCUT2D eigenvalue weighted by molar-refractivity contribution is -0.119. The Balaban J connectivity index is 1.86. The van der Waals surface area contributed by atoms with Crippen LogP contribution in [0.25, 0.3) is 0 Å². The highest BCUT2D eigenvalue weighted by molar-refractivity contribution is 6.38. The molecule has 1 amide bonds. The second-order valence-electron chi connectivity index (χ2n) is 4.17. The molecule has 114 valence electrons. The molecular formula is C14H11Cl3N4O. The van der Waals surface area contributed by atoms with E-state index in [4.69, 9.17) is 34.8 Å². The van der Waals surface area contributed by atoms with Gasteiger partial charge >= 0.3 is 0 Å². The van der Waals surface area contributed by atoms with Crippen molar-refractivity contribution in [1.82, 2.24) is 10.4 Å². The molecule has 0 saturated carbocycles. The van der Waals surface area contributed by atoms with Gasteiger partial charge in [0.25, 0.3) is 5.91 Å². The minimum absolute atomic E-state index is 0.0511. The third kappa shape index (κ3) is 4.87. The molecule has 0 bridgehead atoms. The Kier molecular flexibility index (Phi) is 6.00. The van der Waals surface area contributed by atoms with E-state index in [0.29, 0.717) is 20.6 Å². The molecule has 1 aromatic carbocycles. The summed E-state index contributed by atoms with van der Waals surface area (Å²) >= 11 is 17.7. The first kappa shape index (κ1) is 16.5. The summed E-state index contributed by atoms with van der Waals surface area (Å²) in [5.74, 6) is -0.322. The summed E-state index contributed by atoms with van der Waals surface area (Å²) in [6, 6.07) is 7.06. The molecule has 1 heterocycles. The maximum atomic E-state index is 11.7. The van der Waals surface area contributed by atoms with Gasteiger partial charge in [0.15, 0.2) is 0 Å². The summed E-state index contributed by atoms with van der Waals surface area (Å²) in [5.41, 5.74) is 3.60. The van der Waals surface area contributed by atoms with Crippen LogP contribution in [-0.4, -0.2) is 23.7 Å². The average molecular weight is 358 g/mol. The fourth-order valence-electron chi connectivity index (χ4n) is 1.53. The van der Waals surface area contributed by atoms with Crippen LogP contribution < -0.4 is 10.7 Å². The van der Waals surface area contributed by atoms with Crippen LogP contribution in [0.15, 0.2) is 41.8 Å². The van der Waals surface area contributed by atoms with Crippen molar-refractivity contribution >= 4 is 52.6 Å². The second-order valence-corrected chi connectivity index (χ2v) is 5.42. The van der Waals surface area contributed by atoms with Gasteiger partial charge in [-0.05, 0) is 18.2 Å². The van der Waals surface area contributed by atoms with Gasteiger partial charge < -0.3 is 5.32 Å². The lowest BCUT2D eigenvalue weighted by Crippen LogP contribution is -2.25. The first-order chi connectivity index (χ1) is 10.6. The van der Waals surface area contributed by atoms with Crippen molar-refractivity contribution < 1.29 is 4.79 Å². The number of hydrogen-bond donors (Lipinski definition) is 2. The molecule has 8 heteroatoms. The summed E-state index contributed by atoms with van der Waals surface area (Å²) in [7, 11) is 0. The molecular weight excluding hydrogens is 347 g/mol. The monoisotopic (exact) mass is 356 g/mol. The van der Waals surface area contributed by atoms with E-state index in [1.54, 1.807) is 24.3 Å². The standard InChI is InChI=1S/C14H11Cl3N4O/c15-9-2-1-3-10(4-9)19-8-14(22)21-20-5-11-12(16)6-18-7-13(11)17/h1-7,19H,8H2,(H,21,22)/b20-5+. The lowest BCUT2D eigenvalue weighted by atomic mass is 10.3. The van der Waals surface area contributed by atoms with Crippen molar-refractivity contribution in [2.45, 2.75) is 0 Å². The molecule has 0 aliphatic rings.